The first-order valence-corrected chi connectivity index (χ1v) is 6.69. The highest BCUT2D eigenvalue weighted by molar-refractivity contribution is 4.89. The molecule has 0 bridgehead atoms. The van der Waals surface area contributed by atoms with E-state index in [4.69, 9.17) is 0 Å². The molecule has 0 aromatic carbocycles. The van der Waals surface area contributed by atoms with Crippen molar-refractivity contribution in [2.75, 3.05) is 20.1 Å². The first-order valence-electron chi connectivity index (χ1n) is 6.69. The lowest BCUT2D eigenvalue weighted by Gasteiger charge is -2.43. The third kappa shape index (κ3) is 4.26. The number of hydrogen-bond acceptors (Lipinski definition) is 2. The molecule has 2 unspecified atom stereocenters. The Kier molecular flexibility index (Phi) is 6.07. The van der Waals surface area contributed by atoms with Gasteiger partial charge in [-0.25, -0.2) is 0 Å². The highest BCUT2D eigenvalue weighted by Gasteiger charge is 2.33. The van der Waals surface area contributed by atoms with Crippen LogP contribution in [0.1, 0.15) is 39.5 Å². The lowest BCUT2D eigenvalue weighted by atomic mass is 9.78. The molecule has 16 heavy (non-hydrogen) atoms. The molecule has 1 aliphatic carbocycles. The van der Waals surface area contributed by atoms with Gasteiger partial charge in [-0.2, -0.15) is 0 Å². The van der Waals surface area contributed by atoms with Crippen LogP contribution < -0.4 is 5.32 Å². The van der Waals surface area contributed by atoms with Crippen molar-refractivity contribution in [3.63, 3.8) is 0 Å². The van der Waals surface area contributed by atoms with Crippen LogP contribution in [0.3, 0.4) is 0 Å². The molecule has 1 aliphatic rings. The Morgan fingerprint density at radius 2 is 2.19 bits per heavy atom. The van der Waals surface area contributed by atoms with E-state index in [0.29, 0.717) is 6.04 Å². The lowest BCUT2D eigenvalue weighted by Crippen LogP contribution is -2.49. The summed E-state index contributed by atoms with van der Waals surface area (Å²) in [7, 11) is 2.27. The van der Waals surface area contributed by atoms with Crippen LogP contribution in [0, 0.1) is 5.92 Å². The maximum atomic E-state index is 3.77. The normalized spacial score (nSPS) is 24.8. The first kappa shape index (κ1) is 13.7. The van der Waals surface area contributed by atoms with E-state index in [1.165, 1.54) is 32.4 Å². The molecule has 1 fully saturated rings. The maximum absolute atomic E-state index is 3.77. The molecule has 0 aromatic rings. The van der Waals surface area contributed by atoms with Crippen LogP contribution in [0.5, 0.6) is 0 Å². The topological polar surface area (TPSA) is 15.3 Å². The van der Waals surface area contributed by atoms with Crippen molar-refractivity contribution in [3.05, 3.63) is 12.7 Å². The van der Waals surface area contributed by atoms with E-state index in [9.17, 15) is 0 Å². The summed E-state index contributed by atoms with van der Waals surface area (Å²) in [6.45, 7) is 10.6. The summed E-state index contributed by atoms with van der Waals surface area (Å²) in [5.41, 5.74) is 0. The molecule has 0 radical (unpaired) electrons. The smallest absolute Gasteiger partial charge is 0.0133 e. The molecule has 2 atom stereocenters. The molecule has 0 spiro atoms. The molecule has 0 amide bonds. The lowest BCUT2D eigenvalue weighted by molar-refractivity contribution is 0.0818. The van der Waals surface area contributed by atoms with E-state index in [-0.39, 0.29) is 0 Å². The van der Waals surface area contributed by atoms with Crippen molar-refractivity contribution in [2.45, 2.75) is 51.6 Å². The predicted octanol–water partition coefficient (Wildman–Crippen LogP) is 2.66. The number of unbranched alkanes of at least 4 members (excludes halogenated alkanes) is 1. The highest BCUT2D eigenvalue weighted by Crippen LogP contribution is 2.31. The van der Waals surface area contributed by atoms with Crippen molar-refractivity contribution >= 4 is 0 Å². The molecule has 0 aromatic heterocycles. The van der Waals surface area contributed by atoms with Gasteiger partial charge in [-0.05, 0) is 51.7 Å². The summed E-state index contributed by atoms with van der Waals surface area (Å²) in [6.07, 6.45) is 7.20. The number of allylic oxidation sites excluding steroid dienone is 1. The molecule has 1 rings (SSSR count). The van der Waals surface area contributed by atoms with E-state index in [0.717, 1.165) is 18.4 Å². The van der Waals surface area contributed by atoms with Gasteiger partial charge in [0.1, 0.15) is 0 Å². The molecule has 2 heteroatoms. The number of hydrogen-bond donors (Lipinski definition) is 1. The van der Waals surface area contributed by atoms with Gasteiger partial charge in [0.05, 0.1) is 0 Å². The summed E-state index contributed by atoms with van der Waals surface area (Å²) in [6, 6.07) is 1.43. The van der Waals surface area contributed by atoms with Gasteiger partial charge in [-0.3, -0.25) is 0 Å². The van der Waals surface area contributed by atoms with Gasteiger partial charge < -0.3 is 10.2 Å². The average Bonchev–Trinajstić information content (AvgIpc) is 2.16. The summed E-state index contributed by atoms with van der Waals surface area (Å²) < 4.78 is 0. The van der Waals surface area contributed by atoms with Gasteiger partial charge >= 0.3 is 0 Å². The zero-order valence-electron chi connectivity index (χ0n) is 11.2. The van der Waals surface area contributed by atoms with Crippen molar-refractivity contribution in [3.8, 4) is 0 Å². The minimum Gasteiger partial charge on any atom is -0.314 e. The van der Waals surface area contributed by atoms with Gasteiger partial charge in [0.2, 0.25) is 0 Å². The number of nitrogens with one attached hydrogen (secondary N) is 1. The summed E-state index contributed by atoms with van der Waals surface area (Å²) in [5, 5.41) is 3.56. The number of rotatable bonds is 8. The Bertz CT molecular complexity index is 201. The third-order valence-corrected chi connectivity index (χ3v) is 3.65. The van der Waals surface area contributed by atoms with Gasteiger partial charge in [-0.15, -0.1) is 6.58 Å². The van der Waals surface area contributed by atoms with Crippen LogP contribution in [0.15, 0.2) is 12.7 Å². The van der Waals surface area contributed by atoms with Crippen molar-refractivity contribution in [2.24, 2.45) is 5.92 Å². The van der Waals surface area contributed by atoms with Crippen LogP contribution in [-0.4, -0.2) is 37.1 Å². The Balaban J connectivity index is 2.17. The van der Waals surface area contributed by atoms with E-state index >= 15 is 0 Å². The molecule has 1 saturated carbocycles. The fourth-order valence-corrected chi connectivity index (χ4v) is 2.41. The second-order valence-corrected chi connectivity index (χ2v) is 5.38. The quantitative estimate of drug-likeness (QED) is 0.504. The van der Waals surface area contributed by atoms with Crippen molar-refractivity contribution < 1.29 is 0 Å². The van der Waals surface area contributed by atoms with E-state index in [2.05, 4.69) is 37.7 Å². The molecule has 0 saturated heterocycles. The van der Waals surface area contributed by atoms with Crippen LogP contribution >= 0.6 is 0 Å². The second-order valence-electron chi connectivity index (χ2n) is 5.38. The van der Waals surface area contributed by atoms with Gasteiger partial charge in [-0.1, -0.05) is 19.9 Å². The van der Waals surface area contributed by atoms with Gasteiger partial charge in [0, 0.05) is 12.1 Å². The third-order valence-electron chi connectivity index (χ3n) is 3.65. The highest BCUT2D eigenvalue weighted by atomic mass is 15.1. The van der Waals surface area contributed by atoms with Crippen molar-refractivity contribution in [1.29, 1.82) is 0 Å². The minimum atomic E-state index is 0.618. The fraction of sp³-hybridized carbons (Fsp3) is 0.857. The van der Waals surface area contributed by atoms with Crippen molar-refractivity contribution in [1.82, 2.24) is 10.2 Å². The van der Waals surface area contributed by atoms with E-state index < -0.39 is 0 Å². The molecule has 2 nitrogen and oxygen atoms in total. The maximum Gasteiger partial charge on any atom is 0.0133 e. The minimum absolute atomic E-state index is 0.618. The average molecular weight is 224 g/mol. The summed E-state index contributed by atoms with van der Waals surface area (Å²) in [4.78, 5) is 2.54. The number of nitrogens with zero attached hydrogens (tertiary/aromatic N) is 1. The molecule has 1 N–H and O–H groups in total. The molecule has 0 heterocycles. The molecular weight excluding hydrogens is 196 g/mol. The monoisotopic (exact) mass is 224 g/mol. The predicted molar refractivity (Wildman–Crippen MR) is 71.7 cm³/mol. The Morgan fingerprint density at radius 1 is 1.44 bits per heavy atom. The van der Waals surface area contributed by atoms with Crippen LogP contribution in [0.4, 0.5) is 0 Å². The van der Waals surface area contributed by atoms with Crippen LogP contribution in [0.25, 0.3) is 0 Å². The fourth-order valence-electron chi connectivity index (χ4n) is 2.41. The molecule has 0 aliphatic heterocycles. The Labute approximate surface area is 101 Å². The van der Waals surface area contributed by atoms with Gasteiger partial charge in [0.25, 0.3) is 0 Å². The second kappa shape index (κ2) is 7.08. The van der Waals surface area contributed by atoms with E-state index in [1.807, 2.05) is 6.08 Å². The van der Waals surface area contributed by atoms with E-state index in [1.54, 1.807) is 0 Å². The SMILES string of the molecule is C=CCCCN(C)C1CCC1CNC(C)C. The zero-order valence-corrected chi connectivity index (χ0v) is 11.2. The van der Waals surface area contributed by atoms with Crippen LogP contribution in [0.2, 0.25) is 0 Å². The van der Waals surface area contributed by atoms with Crippen LogP contribution in [-0.2, 0) is 0 Å². The first-order chi connectivity index (χ1) is 7.65. The Hall–Kier alpha value is -0.340. The molecule has 94 valence electrons. The summed E-state index contributed by atoms with van der Waals surface area (Å²) in [5.74, 6) is 0.871. The Morgan fingerprint density at radius 3 is 2.69 bits per heavy atom. The molecular formula is C14H28N2. The standard InChI is InChI=1S/C14H28N2/c1-5-6-7-10-16(4)14-9-8-13(14)11-15-12(2)3/h5,12-15H,1,6-11H2,2-4H3. The summed E-state index contributed by atoms with van der Waals surface area (Å²) >= 11 is 0. The van der Waals surface area contributed by atoms with Gasteiger partial charge in [0.15, 0.2) is 0 Å². The zero-order chi connectivity index (χ0) is 12.0. The largest absolute Gasteiger partial charge is 0.314 e.